The number of nitrogens with zero attached hydrogens (tertiary/aromatic N) is 1. The smallest absolute Gasteiger partial charge is 0.318 e. The van der Waals surface area contributed by atoms with Crippen LogP contribution in [0.5, 0.6) is 0 Å². The Bertz CT molecular complexity index is 364. The van der Waals surface area contributed by atoms with Gasteiger partial charge in [-0.2, -0.15) is 4.31 Å². The van der Waals surface area contributed by atoms with Crippen LogP contribution in [0.4, 0.5) is 0 Å². The Morgan fingerprint density at radius 1 is 1.35 bits per heavy atom. The minimum Gasteiger partial charge on any atom is -0.480 e. The van der Waals surface area contributed by atoms with Crippen molar-refractivity contribution in [1.82, 2.24) is 4.31 Å². The van der Waals surface area contributed by atoms with Gasteiger partial charge in [0.05, 0.1) is 12.4 Å². The molecule has 0 fully saturated rings. The summed E-state index contributed by atoms with van der Waals surface area (Å²) in [5.41, 5.74) is 0. The van der Waals surface area contributed by atoms with Crippen molar-refractivity contribution in [3.05, 3.63) is 0 Å². The number of likely N-dealkylation sites (N-methyl/N-ethyl adjacent to an activating group) is 1. The quantitative estimate of drug-likeness (QED) is 0.605. The Morgan fingerprint density at radius 2 is 1.94 bits per heavy atom. The molecule has 1 N–H and O–H groups in total. The largest absolute Gasteiger partial charge is 0.480 e. The minimum absolute atomic E-state index is 0.00792. The maximum atomic E-state index is 11.5. The first-order valence-corrected chi connectivity index (χ1v) is 6.72. The lowest BCUT2D eigenvalue weighted by molar-refractivity contribution is -0.143. The van der Waals surface area contributed by atoms with Crippen LogP contribution in [0.25, 0.3) is 0 Å². The van der Waals surface area contributed by atoms with E-state index in [2.05, 4.69) is 4.74 Å². The summed E-state index contributed by atoms with van der Waals surface area (Å²) in [7, 11) is -2.43. The van der Waals surface area contributed by atoms with E-state index in [0.717, 1.165) is 4.31 Å². The highest BCUT2D eigenvalue weighted by Crippen LogP contribution is 2.03. The molecule has 0 saturated heterocycles. The molecule has 0 aliphatic rings. The van der Waals surface area contributed by atoms with Gasteiger partial charge in [0.15, 0.2) is 0 Å². The van der Waals surface area contributed by atoms with Gasteiger partial charge in [-0.15, -0.1) is 0 Å². The first kappa shape index (κ1) is 15.9. The number of carboxylic acids is 1. The molecular formula is C9H17NO6S. The SMILES string of the molecule is CCOC(=O)CCCS(=O)(=O)N(C)CC(=O)O. The Morgan fingerprint density at radius 3 is 2.41 bits per heavy atom. The zero-order chi connectivity index (χ0) is 13.5. The van der Waals surface area contributed by atoms with Crippen molar-refractivity contribution < 1.29 is 27.9 Å². The summed E-state index contributed by atoms with van der Waals surface area (Å²) >= 11 is 0. The molecule has 0 amide bonds. The Balaban J connectivity index is 4.10. The van der Waals surface area contributed by atoms with E-state index in [9.17, 15) is 18.0 Å². The molecule has 0 heterocycles. The van der Waals surface area contributed by atoms with Gasteiger partial charge in [-0.05, 0) is 13.3 Å². The fourth-order valence-corrected chi connectivity index (χ4v) is 2.20. The van der Waals surface area contributed by atoms with E-state index >= 15 is 0 Å². The van der Waals surface area contributed by atoms with Crippen LogP contribution in [0.2, 0.25) is 0 Å². The van der Waals surface area contributed by atoms with E-state index in [1.165, 1.54) is 7.05 Å². The molecule has 0 aromatic rings. The van der Waals surface area contributed by atoms with Crippen LogP contribution >= 0.6 is 0 Å². The van der Waals surface area contributed by atoms with Crippen molar-refractivity contribution >= 4 is 22.0 Å². The zero-order valence-corrected chi connectivity index (χ0v) is 10.7. The first-order chi connectivity index (χ1) is 7.79. The van der Waals surface area contributed by atoms with Gasteiger partial charge < -0.3 is 9.84 Å². The predicted molar refractivity (Wildman–Crippen MR) is 59.9 cm³/mol. The number of hydrogen-bond acceptors (Lipinski definition) is 5. The molecule has 0 spiro atoms. The van der Waals surface area contributed by atoms with Crippen molar-refractivity contribution in [2.24, 2.45) is 0 Å². The number of carboxylic acid groups (broad SMARTS) is 1. The van der Waals surface area contributed by atoms with E-state index in [0.29, 0.717) is 0 Å². The van der Waals surface area contributed by atoms with E-state index in [4.69, 9.17) is 5.11 Å². The summed E-state index contributed by atoms with van der Waals surface area (Å²) in [5, 5.41) is 8.45. The average molecular weight is 267 g/mol. The lowest BCUT2D eigenvalue weighted by atomic mass is 10.3. The van der Waals surface area contributed by atoms with Crippen molar-refractivity contribution in [1.29, 1.82) is 0 Å². The predicted octanol–water partition coefficient (Wildman–Crippen LogP) is -0.324. The molecule has 100 valence electrons. The Labute approximate surface area is 100 Å². The first-order valence-electron chi connectivity index (χ1n) is 5.11. The number of rotatable bonds is 8. The Kier molecular flexibility index (Phi) is 6.74. The highest BCUT2D eigenvalue weighted by atomic mass is 32.2. The third-order valence-corrected chi connectivity index (χ3v) is 3.80. The number of esters is 1. The lowest BCUT2D eigenvalue weighted by Crippen LogP contribution is -2.33. The summed E-state index contributed by atoms with van der Waals surface area (Å²) in [6, 6.07) is 0. The summed E-state index contributed by atoms with van der Waals surface area (Å²) < 4.78 is 28.4. The minimum atomic E-state index is -3.62. The van der Waals surface area contributed by atoms with E-state index < -0.39 is 28.5 Å². The Hall–Kier alpha value is -1.15. The molecule has 0 saturated carbocycles. The fraction of sp³-hybridized carbons (Fsp3) is 0.778. The standard InChI is InChI=1S/C9H17NO6S/c1-3-16-9(13)5-4-6-17(14,15)10(2)7-8(11)12/h3-7H2,1-2H3,(H,11,12). The van der Waals surface area contributed by atoms with Gasteiger partial charge >= 0.3 is 11.9 Å². The van der Waals surface area contributed by atoms with Gasteiger partial charge in [0, 0.05) is 13.5 Å². The summed E-state index contributed by atoms with van der Waals surface area (Å²) in [4.78, 5) is 21.3. The normalized spacial score (nSPS) is 11.5. The molecule has 0 aromatic heterocycles. The van der Waals surface area contributed by atoms with Crippen molar-refractivity contribution in [2.45, 2.75) is 19.8 Å². The van der Waals surface area contributed by atoms with Crippen LogP contribution in [-0.2, 0) is 24.3 Å². The average Bonchev–Trinajstić information content (AvgIpc) is 2.16. The topological polar surface area (TPSA) is 101 Å². The fourth-order valence-electron chi connectivity index (χ4n) is 1.08. The highest BCUT2D eigenvalue weighted by Gasteiger charge is 2.20. The van der Waals surface area contributed by atoms with Gasteiger partial charge in [0.1, 0.15) is 6.54 Å². The van der Waals surface area contributed by atoms with Crippen molar-refractivity contribution in [3.8, 4) is 0 Å². The molecule has 0 atom stereocenters. The number of ether oxygens (including phenoxy) is 1. The van der Waals surface area contributed by atoms with Crippen LogP contribution in [-0.4, -0.2) is 55.7 Å². The van der Waals surface area contributed by atoms with Gasteiger partial charge in [0.2, 0.25) is 10.0 Å². The van der Waals surface area contributed by atoms with Crippen LogP contribution < -0.4 is 0 Å². The maximum Gasteiger partial charge on any atom is 0.318 e. The number of sulfonamides is 1. The second kappa shape index (κ2) is 7.23. The van der Waals surface area contributed by atoms with Crippen LogP contribution in [0.3, 0.4) is 0 Å². The van der Waals surface area contributed by atoms with Gasteiger partial charge in [-0.3, -0.25) is 9.59 Å². The molecule has 17 heavy (non-hydrogen) atoms. The molecule has 0 bridgehead atoms. The van der Waals surface area contributed by atoms with Crippen molar-refractivity contribution in [3.63, 3.8) is 0 Å². The number of carbonyl (C=O) groups excluding carboxylic acids is 1. The van der Waals surface area contributed by atoms with Gasteiger partial charge in [-0.25, -0.2) is 8.42 Å². The molecule has 8 heteroatoms. The molecule has 7 nitrogen and oxygen atoms in total. The molecule has 0 unspecified atom stereocenters. The maximum absolute atomic E-state index is 11.5. The monoisotopic (exact) mass is 267 g/mol. The van der Waals surface area contributed by atoms with E-state index in [-0.39, 0.29) is 25.2 Å². The molecule has 0 aliphatic carbocycles. The number of hydrogen-bond donors (Lipinski definition) is 1. The van der Waals surface area contributed by atoms with Gasteiger partial charge in [-0.1, -0.05) is 0 Å². The highest BCUT2D eigenvalue weighted by molar-refractivity contribution is 7.89. The second-order valence-electron chi connectivity index (χ2n) is 3.37. The van der Waals surface area contributed by atoms with Crippen molar-refractivity contribution in [2.75, 3.05) is 26.0 Å². The second-order valence-corrected chi connectivity index (χ2v) is 5.57. The van der Waals surface area contributed by atoms with E-state index in [1.54, 1.807) is 6.92 Å². The summed E-state index contributed by atoms with van der Waals surface area (Å²) in [5.74, 6) is -1.94. The number of carbonyl (C=O) groups is 2. The summed E-state index contributed by atoms with van der Waals surface area (Å²) in [6.07, 6.45) is 0.124. The number of aliphatic carboxylic acids is 1. The van der Waals surface area contributed by atoms with Crippen LogP contribution in [0.1, 0.15) is 19.8 Å². The zero-order valence-electron chi connectivity index (χ0n) is 9.88. The lowest BCUT2D eigenvalue weighted by Gasteiger charge is -2.14. The molecule has 0 rings (SSSR count). The molecule has 0 radical (unpaired) electrons. The third-order valence-electron chi connectivity index (χ3n) is 1.92. The van der Waals surface area contributed by atoms with Crippen LogP contribution in [0, 0.1) is 0 Å². The van der Waals surface area contributed by atoms with E-state index in [1.807, 2.05) is 0 Å². The molecule has 0 aliphatic heterocycles. The van der Waals surface area contributed by atoms with Gasteiger partial charge in [0.25, 0.3) is 0 Å². The summed E-state index contributed by atoms with van der Waals surface area (Å²) in [6.45, 7) is 1.33. The molecular weight excluding hydrogens is 250 g/mol. The van der Waals surface area contributed by atoms with Crippen LogP contribution in [0.15, 0.2) is 0 Å². The molecule has 0 aromatic carbocycles. The third kappa shape index (κ3) is 6.90.